The Labute approximate surface area is 116 Å². The summed E-state index contributed by atoms with van der Waals surface area (Å²) in [5.74, 6) is -1.58. The highest BCUT2D eigenvalue weighted by Gasteiger charge is 2.53. The zero-order chi connectivity index (χ0) is 14.1. The predicted octanol–water partition coefficient (Wildman–Crippen LogP) is 1.61. The molecule has 5 nitrogen and oxygen atoms in total. The van der Waals surface area contributed by atoms with Crippen molar-refractivity contribution in [3.8, 4) is 0 Å². The quantitative estimate of drug-likeness (QED) is 0.846. The number of benzene rings is 1. The van der Waals surface area contributed by atoms with Crippen molar-refractivity contribution in [2.75, 3.05) is 0 Å². The molecule has 2 saturated heterocycles. The average Bonchev–Trinajstić information content (AvgIpc) is 2.94. The van der Waals surface area contributed by atoms with Gasteiger partial charge in [-0.15, -0.1) is 0 Å². The summed E-state index contributed by atoms with van der Waals surface area (Å²) in [4.78, 5) is 22.6. The topological polar surface area (TPSA) is 72.8 Å². The maximum Gasteiger partial charge on any atom is 0.333 e. The molecule has 2 aliphatic rings. The minimum atomic E-state index is -0.978. The highest BCUT2D eigenvalue weighted by atomic mass is 16.7. The van der Waals surface area contributed by atoms with E-state index in [-0.39, 0.29) is 24.2 Å². The summed E-state index contributed by atoms with van der Waals surface area (Å²) in [6, 6.07) is 9.89. The van der Waals surface area contributed by atoms with Gasteiger partial charge in [-0.1, -0.05) is 30.3 Å². The Morgan fingerprint density at radius 2 is 2.05 bits per heavy atom. The SMILES string of the molecule is O=C1C[C@@H]2[C@H](O1)O[C@@H](C(=O)O)[C@H]2CCc1ccccc1. The first-order chi connectivity index (χ1) is 9.65. The second kappa shape index (κ2) is 5.25. The minimum absolute atomic E-state index is 0.132. The highest BCUT2D eigenvalue weighted by molar-refractivity contribution is 5.76. The molecule has 2 heterocycles. The van der Waals surface area contributed by atoms with Gasteiger partial charge in [0.15, 0.2) is 6.10 Å². The van der Waals surface area contributed by atoms with Gasteiger partial charge in [0.05, 0.1) is 6.42 Å². The van der Waals surface area contributed by atoms with Crippen molar-refractivity contribution in [3.05, 3.63) is 35.9 Å². The number of fused-ring (bicyclic) bond motifs is 1. The largest absolute Gasteiger partial charge is 0.479 e. The Hall–Kier alpha value is -1.88. The number of carbonyl (C=O) groups excluding carboxylic acids is 1. The zero-order valence-electron chi connectivity index (χ0n) is 10.9. The number of aliphatic carboxylic acids is 1. The van der Waals surface area contributed by atoms with E-state index in [1.807, 2.05) is 30.3 Å². The van der Waals surface area contributed by atoms with Crippen LogP contribution in [0.4, 0.5) is 0 Å². The molecule has 5 heteroatoms. The average molecular weight is 276 g/mol. The number of ether oxygens (including phenoxy) is 2. The lowest BCUT2D eigenvalue weighted by Crippen LogP contribution is -2.29. The summed E-state index contributed by atoms with van der Waals surface area (Å²) >= 11 is 0. The van der Waals surface area contributed by atoms with E-state index in [0.717, 1.165) is 12.0 Å². The Morgan fingerprint density at radius 1 is 1.30 bits per heavy atom. The molecule has 20 heavy (non-hydrogen) atoms. The van der Waals surface area contributed by atoms with E-state index >= 15 is 0 Å². The predicted molar refractivity (Wildman–Crippen MR) is 68.7 cm³/mol. The van der Waals surface area contributed by atoms with Gasteiger partial charge in [0, 0.05) is 11.8 Å². The van der Waals surface area contributed by atoms with Crippen LogP contribution in [0.1, 0.15) is 18.4 Å². The first-order valence-corrected chi connectivity index (χ1v) is 6.77. The van der Waals surface area contributed by atoms with Crippen molar-refractivity contribution < 1.29 is 24.2 Å². The van der Waals surface area contributed by atoms with Crippen LogP contribution >= 0.6 is 0 Å². The van der Waals surface area contributed by atoms with Crippen molar-refractivity contribution >= 4 is 11.9 Å². The first kappa shape index (κ1) is 13.1. The molecule has 0 bridgehead atoms. The lowest BCUT2D eigenvalue weighted by Gasteiger charge is -2.17. The number of esters is 1. The second-order valence-corrected chi connectivity index (χ2v) is 5.31. The fourth-order valence-electron chi connectivity index (χ4n) is 3.09. The molecule has 0 amide bonds. The van der Waals surface area contributed by atoms with Crippen LogP contribution in [0.5, 0.6) is 0 Å². The molecule has 2 aliphatic heterocycles. The summed E-state index contributed by atoms with van der Waals surface area (Å²) < 4.78 is 10.4. The number of rotatable bonds is 4. The molecule has 0 aliphatic carbocycles. The maximum absolute atomic E-state index is 11.3. The molecule has 0 radical (unpaired) electrons. The first-order valence-electron chi connectivity index (χ1n) is 6.77. The van der Waals surface area contributed by atoms with E-state index in [4.69, 9.17) is 9.47 Å². The van der Waals surface area contributed by atoms with E-state index in [9.17, 15) is 14.7 Å². The van der Waals surface area contributed by atoms with Gasteiger partial charge in [0.25, 0.3) is 0 Å². The monoisotopic (exact) mass is 276 g/mol. The smallest absolute Gasteiger partial charge is 0.333 e. The Balaban J connectivity index is 1.71. The summed E-state index contributed by atoms with van der Waals surface area (Å²) in [5.41, 5.74) is 1.16. The molecule has 1 aromatic rings. The fourth-order valence-corrected chi connectivity index (χ4v) is 3.09. The standard InChI is InChI=1S/C15H16O5/c16-12-8-11-10(7-6-9-4-2-1-3-5-9)13(14(17)18)20-15(11)19-12/h1-5,10-11,13,15H,6-8H2,(H,17,18)/t10-,11-,13+,15+/m0/s1. The van der Waals surface area contributed by atoms with Crippen molar-refractivity contribution in [1.82, 2.24) is 0 Å². The van der Waals surface area contributed by atoms with E-state index in [0.29, 0.717) is 6.42 Å². The van der Waals surface area contributed by atoms with Crippen LogP contribution in [0, 0.1) is 11.8 Å². The number of carbonyl (C=O) groups is 2. The highest BCUT2D eigenvalue weighted by Crippen LogP contribution is 2.42. The van der Waals surface area contributed by atoms with Gasteiger partial charge in [-0.2, -0.15) is 0 Å². The van der Waals surface area contributed by atoms with Gasteiger partial charge < -0.3 is 14.6 Å². The van der Waals surface area contributed by atoms with Crippen molar-refractivity contribution in [2.45, 2.75) is 31.7 Å². The number of carboxylic acids is 1. The van der Waals surface area contributed by atoms with Crippen LogP contribution in [0.3, 0.4) is 0 Å². The van der Waals surface area contributed by atoms with Crippen molar-refractivity contribution in [2.24, 2.45) is 11.8 Å². The van der Waals surface area contributed by atoms with Gasteiger partial charge in [-0.3, -0.25) is 4.79 Å². The summed E-state index contributed by atoms with van der Waals surface area (Å²) in [6.07, 6.45) is 0.161. The van der Waals surface area contributed by atoms with Crippen LogP contribution in [0.25, 0.3) is 0 Å². The Kier molecular flexibility index (Phi) is 3.44. The molecule has 1 N–H and O–H groups in total. The van der Waals surface area contributed by atoms with E-state index in [1.54, 1.807) is 0 Å². The van der Waals surface area contributed by atoms with Crippen LogP contribution in [-0.4, -0.2) is 29.4 Å². The molecule has 0 saturated carbocycles. The van der Waals surface area contributed by atoms with Gasteiger partial charge in [-0.05, 0) is 18.4 Å². The molecule has 106 valence electrons. The van der Waals surface area contributed by atoms with Gasteiger partial charge >= 0.3 is 11.9 Å². The number of hydrogen-bond donors (Lipinski definition) is 1. The summed E-state index contributed by atoms with van der Waals surface area (Å²) in [7, 11) is 0. The van der Waals surface area contributed by atoms with Crippen LogP contribution in [0.15, 0.2) is 30.3 Å². The van der Waals surface area contributed by atoms with E-state index in [1.165, 1.54) is 0 Å². The fraction of sp³-hybridized carbons (Fsp3) is 0.467. The van der Waals surface area contributed by atoms with Gasteiger partial charge in [0.2, 0.25) is 6.29 Å². The van der Waals surface area contributed by atoms with Crippen molar-refractivity contribution in [1.29, 1.82) is 0 Å². The van der Waals surface area contributed by atoms with Gasteiger partial charge in [0.1, 0.15) is 0 Å². The lowest BCUT2D eigenvalue weighted by atomic mass is 9.84. The summed E-state index contributed by atoms with van der Waals surface area (Å²) in [6.45, 7) is 0. The second-order valence-electron chi connectivity index (χ2n) is 5.31. The third-order valence-corrected chi connectivity index (χ3v) is 4.07. The molecular weight excluding hydrogens is 260 g/mol. The lowest BCUT2D eigenvalue weighted by molar-refractivity contribution is -0.175. The number of aryl methyl sites for hydroxylation is 1. The molecule has 0 spiro atoms. The molecule has 0 aromatic heterocycles. The third kappa shape index (κ3) is 2.41. The number of hydrogen-bond acceptors (Lipinski definition) is 4. The number of carboxylic acid groups (broad SMARTS) is 1. The molecule has 1 aromatic carbocycles. The molecule has 4 atom stereocenters. The van der Waals surface area contributed by atoms with Crippen LogP contribution < -0.4 is 0 Å². The summed E-state index contributed by atoms with van der Waals surface area (Å²) in [5, 5.41) is 9.24. The molecule has 2 fully saturated rings. The molecule has 3 rings (SSSR count). The van der Waals surface area contributed by atoms with Crippen LogP contribution in [-0.2, 0) is 25.5 Å². The Morgan fingerprint density at radius 3 is 2.75 bits per heavy atom. The Bertz CT molecular complexity index is 512. The third-order valence-electron chi connectivity index (χ3n) is 4.07. The van der Waals surface area contributed by atoms with E-state index < -0.39 is 18.4 Å². The normalized spacial score (nSPS) is 31.9. The zero-order valence-corrected chi connectivity index (χ0v) is 10.9. The van der Waals surface area contributed by atoms with Crippen molar-refractivity contribution in [3.63, 3.8) is 0 Å². The van der Waals surface area contributed by atoms with Gasteiger partial charge in [-0.25, -0.2) is 4.79 Å². The molecular formula is C15H16O5. The maximum atomic E-state index is 11.3. The van der Waals surface area contributed by atoms with Crippen LogP contribution in [0.2, 0.25) is 0 Å². The minimum Gasteiger partial charge on any atom is -0.479 e. The molecule has 0 unspecified atom stereocenters. The van der Waals surface area contributed by atoms with E-state index in [2.05, 4.69) is 0 Å².